The lowest BCUT2D eigenvalue weighted by molar-refractivity contribution is -0.384. The first kappa shape index (κ1) is 15.8. The fourth-order valence-electron chi connectivity index (χ4n) is 1.91. The highest BCUT2D eigenvalue weighted by molar-refractivity contribution is 6.31. The first-order chi connectivity index (χ1) is 10.4. The molecule has 0 aliphatic carbocycles. The van der Waals surface area contributed by atoms with E-state index < -0.39 is 10.8 Å². The summed E-state index contributed by atoms with van der Waals surface area (Å²) >= 11 is 5.89. The van der Waals surface area contributed by atoms with Crippen molar-refractivity contribution in [2.75, 3.05) is 12.4 Å². The Morgan fingerprint density at radius 1 is 1.27 bits per heavy atom. The van der Waals surface area contributed by atoms with Gasteiger partial charge in [-0.3, -0.25) is 14.9 Å². The van der Waals surface area contributed by atoms with Crippen molar-refractivity contribution in [2.45, 2.75) is 6.92 Å². The number of methoxy groups -OCH3 is 1. The monoisotopic (exact) mass is 320 g/mol. The number of ether oxygens (including phenoxy) is 1. The van der Waals surface area contributed by atoms with Crippen LogP contribution in [-0.4, -0.2) is 17.9 Å². The molecule has 2 rings (SSSR count). The molecule has 7 heteroatoms. The topological polar surface area (TPSA) is 81.5 Å². The highest BCUT2D eigenvalue weighted by Crippen LogP contribution is 2.26. The van der Waals surface area contributed by atoms with Gasteiger partial charge in [-0.05, 0) is 30.7 Å². The highest BCUT2D eigenvalue weighted by Gasteiger charge is 2.16. The number of hydrogen-bond acceptors (Lipinski definition) is 4. The maximum Gasteiger partial charge on any atom is 0.271 e. The standard InChI is InChI=1S/C15H13ClN2O4/c1-9-3-5-11(18(20)21)8-13(9)17-15(19)12-7-10(16)4-6-14(12)22-2/h3-8H,1-2H3,(H,17,19). The number of amides is 1. The van der Waals surface area contributed by atoms with Gasteiger partial charge in [-0.1, -0.05) is 17.7 Å². The number of benzene rings is 2. The number of nitro groups is 1. The van der Waals surface area contributed by atoms with Gasteiger partial charge in [0.2, 0.25) is 0 Å². The molecule has 0 fully saturated rings. The first-order valence-corrected chi connectivity index (χ1v) is 6.70. The van der Waals surface area contributed by atoms with Crippen LogP contribution in [0.4, 0.5) is 11.4 Å². The van der Waals surface area contributed by atoms with Crippen molar-refractivity contribution < 1.29 is 14.5 Å². The van der Waals surface area contributed by atoms with Gasteiger partial charge < -0.3 is 10.1 Å². The average molecular weight is 321 g/mol. The number of nitrogens with zero attached hydrogens (tertiary/aromatic N) is 1. The highest BCUT2D eigenvalue weighted by atomic mass is 35.5. The van der Waals surface area contributed by atoms with Crippen LogP contribution in [0.2, 0.25) is 5.02 Å². The summed E-state index contributed by atoms with van der Waals surface area (Å²) in [5.74, 6) is -0.0899. The van der Waals surface area contributed by atoms with Gasteiger partial charge in [0.05, 0.1) is 23.3 Å². The van der Waals surface area contributed by atoms with Crippen LogP contribution in [0.25, 0.3) is 0 Å². The number of rotatable bonds is 4. The molecule has 2 aromatic carbocycles. The fraction of sp³-hybridized carbons (Fsp3) is 0.133. The van der Waals surface area contributed by atoms with Crippen molar-refractivity contribution in [2.24, 2.45) is 0 Å². The van der Waals surface area contributed by atoms with Crippen LogP contribution in [-0.2, 0) is 0 Å². The second kappa shape index (κ2) is 6.44. The van der Waals surface area contributed by atoms with Crippen molar-refractivity contribution in [1.29, 1.82) is 0 Å². The molecular formula is C15H13ClN2O4. The molecule has 0 unspecified atom stereocenters. The Kier molecular flexibility index (Phi) is 4.62. The SMILES string of the molecule is COc1ccc(Cl)cc1C(=O)Nc1cc([N+](=O)[O-])ccc1C. The minimum Gasteiger partial charge on any atom is -0.496 e. The van der Waals surface area contributed by atoms with Crippen LogP contribution in [0.15, 0.2) is 36.4 Å². The number of nitrogens with one attached hydrogen (secondary N) is 1. The van der Waals surface area contributed by atoms with E-state index in [2.05, 4.69) is 5.32 Å². The van der Waals surface area contributed by atoms with E-state index in [9.17, 15) is 14.9 Å². The molecule has 1 amide bonds. The number of halogens is 1. The van der Waals surface area contributed by atoms with E-state index in [-0.39, 0.29) is 11.3 Å². The van der Waals surface area contributed by atoms with Crippen LogP contribution in [0, 0.1) is 17.0 Å². The summed E-state index contributed by atoms with van der Waals surface area (Å²) in [6.07, 6.45) is 0. The number of hydrogen-bond donors (Lipinski definition) is 1. The van der Waals surface area contributed by atoms with Crippen molar-refractivity contribution in [3.63, 3.8) is 0 Å². The van der Waals surface area contributed by atoms with Gasteiger partial charge in [0.25, 0.3) is 11.6 Å². The summed E-state index contributed by atoms with van der Waals surface area (Å²) in [4.78, 5) is 22.7. The van der Waals surface area contributed by atoms with Crippen LogP contribution in [0.5, 0.6) is 5.75 Å². The molecule has 0 heterocycles. The molecule has 6 nitrogen and oxygen atoms in total. The molecule has 0 radical (unpaired) electrons. The molecule has 0 saturated carbocycles. The molecule has 0 aromatic heterocycles. The third-order valence-corrected chi connectivity index (χ3v) is 3.32. The quantitative estimate of drug-likeness (QED) is 0.686. The van der Waals surface area contributed by atoms with E-state index in [4.69, 9.17) is 16.3 Å². The molecule has 22 heavy (non-hydrogen) atoms. The Bertz CT molecular complexity index is 746. The van der Waals surface area contributed by atoms with Crippen LogP contribution >= 0.6 is 11.6 Å². The Morgan fingerprint density at radius 2 is 2.00 bits per heavy atom. The summed E-state index contributed by atoms with van der Waals surface area (Å²) in [7, 11) is 1.44. The summed E-state index contributed by atoms with van der Waals surface area (Å²) in [6, 6.07) is 8.92. The van der Waals surface area contributed by atoms with Crippen LogP contribution < -0.4 is 10.1 Å². The summed E-state index contributed by atoms with van der Waals surface area (Å²) in [5.41, 5.74) is 1.22. The van der Waals surface area contributed by atoms with Gasteiger partial charge in [0, 0.05) is 17.2 Å². The first-order valence-electron chi connectivity index (χ1n) is 6.32. The van der Waals surface area contributed by atoms with Crippen molar-refractivity contribution in [3.05, 3.63) is 62.7 Å². The van der Waals surface area contributed by atoms with E-state index in [0.29, 0.717) is 22.0 Å². The van der Waals surface area contributed by atoms with Gasteiger partial charge >= 0.3 is 0 Å². The Balaban J connectivity index is 2.35. The molecule has 0 bridgehead atoms. The summed E-state index contributed by atoms with van der Waals surface area (Å²) in [5, 5.41) is 13.9. The molecule has 0 atom stereocenters. The number of anilines is 1. The van der Waals surface area contributed by atoms with E-state index in [1.165, 1.54) is 25.3 Å². The zero-order valence-corrected chi connectivity index (χ0v) is 12.7. The second-order valence-electron chi connectivity index (χ2n) is 4.56. The number of carbonyl (C=O) groups is 1. The van der Waals surface area contributed by atoms with Gasteiger partial charge in [0.15, 0.2) is 0 Å². The van der Waals surface area contributed by atoms with Crippen LogP contribution in [0.1, 0.15) is 15.9 Å². The predicted octanol–water partition coefficient (Wildman–Crippen LogP) is 3.82. The number of nitro benzene ring substituents is 1. The molecule has 2 aromatic rings. The van der Waals surface area contributed by atoms with Crippen molar-refractivity contribution >= 4 is 28.9 Å². The lowest BCUT2D eigenvalue weighted by Crippen LogP contribution is -2.14. The lowest BCUT2D eigenvalue weighted by Gasteiger charge is -2.11. The van der Waals surface area contributed by atoms with Gasteiger partial charge in [-0.2, -0.15) is 0 Å². The Morgan fingerprint density at radius 3 is 2.64 bits per heavy atom. The van der Waals surface area contributed by atoms with E-state index in [0.717, 1.165) is 0 Å². The van der Waals surface area contributed by atoms with E-state index in [1.54, 1.807) is 25.1 Å². The van der Waals surface area contributed by atoms with E-state index >= 15 is 0 Å². The maximum absolute atomic E-state index is 12.4. The number of non-ortho nitro benzene ring substituents is 1. The molecule has 0 saturated heterocycles. The third kappa shape index (κ3) is 3.35. The Hall–Kier alpha value is -2.60. The predicted molar refractivity (Wildman–Crippen MR) is 83.8 cm³/mol. The molecule has 0 aliphatic heterocycles. The summed E-state index contributed by atoms with van der Waals surface area (Å²) < 4.78 is 5.12. The Labute approximate surface area is 131 Å². The third-order valence-electron chi connectivity index (χ3n) is 3.09. The number of carbonyl (C=O) groups excluding carboxylic acids is 1. The van der Waals surface area contributed by atoms with E-state index in [1.807, 2.05) is 0 Å². The molecule has 0 aliphatic rings. The lowest BCUT2D eigenvalue weighted by atomic mass is 10.1. The second-order valence-corrected chi connectivity index (χ2v) is 4.99. The number of aryl methyl sites for hydroxylation is 1. The maximum atomic E-state index is 12.4. The largest absolute Gasteiger partial charge is 0.496 e. The van der Waals surface area contributed by atoms with Gasteiger partial charge in [-0.25, -0.2) is 0 Å². The van der Waals surface area contributed by atoms with Crippen molar-refractivity contribution in [1.82, 2.24) is 0 Å². The zero-order valence-electron chi connectivity index (χ0n) is 11.9. The summed E-state index contributed by atoms with van der Waals surface area (Å²) in [6.45, 7) is 1.74. The van der Waals surface area contributed by atoms with Crippen molar-refractivity contribution in [3.8, 4) is 5.75 Å². The fourth-order valence-corrected chi connectivity index (χ4v) is 2.08. The molecule has 0 spiro atoms. The minimum atomic E-state index is -0.519. The van der Waals surface area contributed by atoms with Gasteiger partial charge in [-0.15, -0.1) is 0 Å². The molecular weight excluding hydrogens is 308 g/mol. The molecule has 1 N–H and O–H groups in total. The average Bonchev–Trinajstić information content (AvgIpc) is 2.49. The normalized spacial score (nSPS) is 10.1. The van der Waals surface area contributed by atoms with Gasteiger partial charge in [0.1, 0.15) is 5.75 Å². The minimum absolute atomic E-state index is 0.0982. The molecule has 114 valence electrons. The smallest absolute Gasteiger partial charge is 0.271 e. The van der Waals surface area contributed by atoms with Crippen LogP contribution in [0.3, 0.4) is 0 Å². The zero-order chi connectivity index (χ0) is 16.3.